The van der Waals surface area contributed by atoms with Gasteiger partial charge in [-0.3, -0.25) is 9.59 Å². The van der Waals surface area contributed by atoms with Crippen molar-refractivity contribution in [2.24, 2.45) is 17.3 Å². The molecule has 1 unspecified atom stereocenters. The van der Waals surface area contributed by atoms with Crippen molar-refractivity contribution in [2.75, 3.05) is 31.1 Å². The summed E-state index contributed by atoms with van der Waals surface area (Å²) in [6, 6.07) is 14.3. The first kappa shape index (κ1) is 28.0. The number of carboxylic acid groups (broad SMARTS) is 1. The predicted octanol–water partition coefficient (Wildman–Crippen LogP) is 6.29. The lowest BCUT2D eigenvalue weighted by molar-refractivity contribution is -0.137. The number of nitrogens with zero attached hydrogens (tertiary/aromatic N) is 1. The Hall–Kier alpha value is -3.02. The van der Waals surface area contributed by atoms with Crippen molar-refractivity contribution in [3.63, 3.8) is 0 Å². The maximum atomic E-state index is 13.1. The summed E-state index contributed by atoms with van der Waals surface area (Å²) in [7, 11) is 0. The van der Waals surface area contributed by atoms with Crippen LogP contribution in [0.25, 0.3) is 0 Å². The smallest absolute Gasteiger partial charge is 0.303 e. The number of hydrogen-bond acceptors (Lipinski definition) is 4. The van der Waals surface area contributed by atoms with Crippen LogP contribution in [0.3, 0.4) is 0 Å². The molecule has 2 fully saturated rings. The third kappa shape index (κ3) is 7.75. The second-order valence-electron chi connectivity index (χ2n) is 12.3. The molecular formula is C32H44N2O4. The van der Waals surface area contributed by atoms with Gasteiger partial charge in [0.25, 0.3) is 5.91 Å². The fraction of sp³-hybridized carbons (Fsp3) is 0.562. The van der Waals surface area contributed by atoms with Crippen LogP contribution in [0.4, 0.5) is 5.69 Å². The van der Waals surface area contributed by atoms with E-state index in [0.29, 0.717) is 25.0 Å². The van der Waals surface area contributed by atoms with Gasteiger partial charge in [0.15, 0.2) is 0 Å². The zero-order valence-electron chi connectivity index (χ0n) is 23.5. The third-order valence-electron chi connectivity index (χ3n) is 7.81. The number of rotatable bonds is 11. The Morgan fingerprint density at radius 2 is 1.82 bits per heavy atom. The van der Waals surface area contributed by atoms with Crippen LogP contribution in [0.15, 0.2) is 42.5 Å². The van der Waals surface area contributed by atoms with E-state index in [-0.39, 0.29) is 23.7 Å². The van der Waals surface area contributed by atoms with Crippen molar-refractivity contribution in [2.45, 2.75) is 72.1 Å². The summed E-state index contributed by atoms with van der Waals surface area (Å²) in [5, 5.41) is 12.5. The number of piperidine rings is 1. The quantitative estimate of drug-likeness (QED) is 0.364. The minimum Gasteiger partial charge on any atom is -0.493 e. The Balaban J connectivity index is 1.35. The molecule has 1 heterocycles. The van der Waals surface area contributed by atoms with Gasteiger partial charge in [-0.05, 0) is 90.7 Å². The molecule has 0 radical (unpaired) electrons. The lowest BCUT2D eigenvalue weighted by Gasteiger charge is -2.35. The van der Waals surface area contributed by atoms with Gasteiger partial charge in [0.1, 0.15) is 5.75 Å². The van der Waals surface area contributed by atoms with Crippen molar-refractivity contribution in [1.82, 2.24) is 5.32 Å². The number of benzene rings is 2. The summed E-state index contributed by atoms with van der Waals surface area (Å²) in [6.45, 7) is 11.6. The van der Waals surface area contributed by atoms with Gasteiger partial charge in [-0.25, -0.2) is 0 Å². The Morgan fingerprint density at radius 1 is 1.08 bits per heavy atom. The molecule has 6 nitrogen and oxygen atoms in total. The van der Waals surface area contributed by atoms with Crippen LogP contribution in [0, 0.1) is 17.3 Å². The molecule has 1 aliphatic heterocycles. The molecule has 1 saturated heterocycles. The van der Waals surface area contributed by atoms with Gasteiger partial charge < -0.3 is 20.1 Å². The normalized spacial score (nSPS) is 17.2. The van der Waals surface area contributed by atoms with Crippen LogP contribution in [0.2, 0.25) is 0 Å². The first-order valence-electron chi connectivity index (χ1n) is 14.2. The number of carbonyl (C=O) groups is 2. The van der Waals surface area contributed by atoms with Crippen LogP contribution in [0.5, 0.6) is 5.75 Å². The molecule has 2 aromatic rings. The second kappa shape index (κ2) is 12.2. The number of aryl methyl sites for hydroxylation is 1. The van der Waals surface area contributed by atoms with Gasteiger partial charge in [-0.2, -0.15) is 0 Å². The number of carboxylic acids is 1. The fourth-order valence-corrected chi connectivity index (χ4v) is 5.32. The first-order chi connectivity index (χ1) is 18.1. The van der Waals surface area contributed by atoms with E-state index in [9.17, 15) is 14.7 Å². The van der Waals surface area contributed by atoms with Gasteiger partial charge in [0.2, 0.25) is 0 Å². The van der Waals surface area contributed by atoms with E-state index in [0.717, 1.165) is 67.8 Å². The Labute approximate surface area is 227 Å². The molecule has 1 saturated carbocycles. The number of ether oxygens (including phenoxy) is 1. The van der Waals surface area contributed by atoms with Gasteiger partial charge in [-0.15, -0.1) is 0 Å². The number of aliphatic carboxylic acids is 1. The van der Waals surface area contributed by atoms with E-state index in [1.165, 1.54) is 5.56 Å². The van der Waals surface area contributed by atoms with Gasteiger partial charge in [-0.1, -0.05) is 45.9 Å². The van der Waals surface area contributed by atoms with Crippen LogP contribution in [0.1, 0.15) is 87.2 Å². The molecule has 6 heteroatoms. The summed E-state index contributed by atoms with van der Waals surface area (Å²) >= 11 is 0. The minimum absolute atomic E-state index is 0.00434. The summed E-state index contributed by atoms with van der Waals surface area (Å²) in [4.78, 5) is 26.8. The monoisotopic (exact) mass is 520 g/mol. The van der Waals surface area contributed by atoms with E-state index >= 15 is 0 Å². The average molecular weight is 521 g/mol. The number of amides is 1. The molecule has 2 aliphatic rings. The number of nitrogens with one attached hydrogen (secondary N) is 1. The van der Waals surface area contributed by atoms with Crippen molar-refractivity contribution in [3.05, 3.63) is 59.2 Å². The maximum Gasteiger partial charge on any atom is 0.303 e. The third-order valence-corrected chi connectivity index (χ3v) is 7.81. The summed E-state index contributed by atoms with van der Waals surface area (Å²) in [6.07, 6.45) is 5.35. The number of anilines is 1. The number of carbonyl (C=O) groups excluding carboxylic acids is 1. The maximum absolute atomic E-state index is 13.1. The lowest BCUT2D eigenvalue weighted by atomic mass is 9.91. The molecule has 2 aromatic carbocycles. The molecular weight excluding hydrogens is 476 g/mol. The van der Waals surface area contributed by atoms with Crippen molar-refractivity contribution >= 4 is 17.6 Å². The Morgan fingerprint density at radius 3 is 2.45 bits per heavy atom. The largest absolute Gasteiger partial charge is 0.493 e. The highest BCUT2D eigenvalue weighted by atomic mass is 16.5. The Kier molecular flexibility index (Phi) is 9.01. The molecule has 1 aliphatic carbocycles. The van der Waals surface area contributed by atoms with E-state index in [4.69, 9.17) is 4.74 Å². The van der Waals surface area contributed by atoms with Crippen LogP contribution >= 0.6 is 0 Å². The number of hydrogen-bond donors (Lipinski definition) is 2. The predicted molar refractivity (Wildman–Crippen MR) is 152 cm³/mol. The highest BCUT2D eigenvalue weighted by Crippen LogP contribution is 2.45. The van der Waals surface area contributed by atoms with Crippen molar-refractivity contribution < 1.29 is 19.4 Å². The lowest BCUT2D eigenvalue weighted by Crippen LogP contribution is -2.38. The topological polar surface area (TPSA) is 78.9 Å². The zero-order valence-corrected chi connectivity index (χ0v) is 23.5. The summed E-state index contributed by atoms with van der Waals surface area (Å²) in [5.41, 5.74) is 4.14. The van der Waals surface area contributed by atoms with Gasteiger partial charge >= 0.3 is 5.97 Å². The molecule has 0 aromatic heterocycles. The molecule has 0 spiro atoms. The van der Waals surface area contributed by atoms with Crippen LogP contribution in [-0.4, -0.2) is 43.2 Å². The van der Waals surface area contributed by atoms with Crippen LogP contribution < -0.4 is 15.0 Å². The molecule has 38 heavy (non-hydrogen) atoms. The van der Waals surface area contributed by atoms with E-state index in [2.05, 4.69) is 50.0 Å². The minimum atomic E-state index is -0.737. The highest BCUT2D eigenvalue weighted by Gasteiger charge is 2.34. The Bertz CT molecular complexity index is 1110. The second-order valence-corrected chi connectivity index (χ2v) is 12.3. The molecule has 1 amide bonds. The van der Waals surface area contributed by atoms with E-state index in [1.54, 1.807) is 0 Å². The van der Waals surface area contributed by atoms with Gasteiger partial charge in [0.05, 0.1) is 18.6 Å². The molecule has 0 bridgehead atoms. The summed E-state index contributed by atoms with van der Waals surface area (Å²) < 4.78 is 6.21. The molecule has 4 rings (SSSR count). The average Bonchev–Trinajstić information content (AvgIpc) is 3.74. The van der Waals surface area contributed by atoms with Crippen molar-refractivity contribution in [1.29, 1.82) is 0 Å². The zero-order chi connectivity index (χ0) is 27.3. The summed E-state index contributed by atoms with van der Waals surface area (Å²) in [5.74, 6) is 1.09. The molecule has 2 N–H and O–H groups in total. The molecule has 1 atom stereocenters. The van der Waals surface area contributed by atoms with Crippen LogP contribution in [-0.2, 0) is 11.2 Å². The standard InChI is InChI=1S/C32H44N2O4/c1-5-22-9-12-27(31(37)33-21-32(2,3)4)29(17-22)34-15-13-23(14-16-34)20-38-26-8-6-7-25(18-26)28(19-30(35)36)24-10-11-24/h6-9,12,17-18,23-24,28H,5,10-11,13-16,19-21H2,1-4H3,(H,33,37)(H,35,36). The van der Waals surface area contributed by atoms with Crippen molar-refractivity contribution in [3.8, 4) is 5.75 Å². The van der Waals surface area contributed by atoms with E-state index < -0.39 is 5.97 Å². The first-order valence-corrected chi connectivity index (χ1v) is 14.2. The molecule has 206 valence electrons. The highest BCUT2D eigenvalue weighted by molar-refractivity contribution is 6.00. The van der Waals surface area contributed by atoms with Gasteiger partial charge in [0, 0.05) is 25.3 Å². The SMILES string of the molecule is CCc1ccc(C(=O)NCC(C)(C)C)c(N2CCC(COc3cccc(C(CC(=O)O)C4CC4)c3)CC2)c1. The fourth-order valence-electron chi connectivity index (χ4n) is 5.32. The van der Waals surface area contributed by atoms with E-state index in [1.807, 2.05) is 30.3 Å².